The van der Waals surface area contributed by atoms with E-state index in [2.05, 4.69) is 0 Å². The lowest BCUT2D eigenvalue weighted by molar-refractivity contribution is -0.146. The lowest BCUT2D eigenvalue weighted by atomic mass is 10.1. The minimum absolute atomic E-state index is 0.0434. The van der Waals surface area contributed by atoms with E-state index in [0.717, 1.165) is 5.56 Å². The van der Waals surface area contributed by atoms with Crippen LogP contribution in [0.5, 0.6) is 0 Å². The number of nitrogens with zero attached hydrogens (tertiary/aromatic N) is 2. The number of ether oxygens (including phenoxy) is 1. The summed E-state index contributed by atoms with van der Waals surface area (Å²) >= 11 is 0. The molecule has 0 fully saturated rings. The summed E-state index contributed by atoms with van der Waals surface area (Å²) in [6.07, 6.45) is 0.803. The second-order valence-electron chi connectivity index (χ2n) is 6.59. The maximum atomic E-state index is 12.5. The normalized spacial score (nSPS) is 12.6. The summed E-state index contributed by atoms with van der Waals surface area (Å²) in [5.74, 6) is -0.757. The highest BCUT2D eigenvalue weighted by molar-refractivity contribution is 7.89. The molecule has 0 heterocycles. The van der Waals surface area contributed by atoms with Gasteiger partial charge in [0.25, 0.3) is 0 Å². The van der Waals surface area contributed by atoms with Gasteiger partial charge in [-0.15, -0.1) is 0 Å². The summed E-state index contributed by atoms with van der Waals surface area (Å²) in [7, 11) is -2.14. The molecule has 0 aliphatic carbocycles. The van der Waals surface area contributed by atoms with Crippen molar-refractivity contribution in [3.05, 3.63) is 29.8 Å². The van der Waals surface area contributed by atoms with Crippen LogP contribution in [0.25, 0.3) is 0 Å². The van der Waals surface area contributed by atoms with Crippen molar-refractivity contribution < 1.29 is 22.7 Å². The Hall–Kier alpha value is -1.93. The molecule has 1 aromatic carbocycles. The van der Waals surface area contributed by atoms with Gasteiger partial charge in [0.15, 0.2) is 0 Å². The van der Waals surface area contributed by atoms with Crippen LogP contribution in [-0.2, 0) is 30.8 Å². The molecule has 1 rings (SSSR count). The van der Waals surface area contributed by atoms with Gasteiger partial charge in [0.05, 0.1) is 17.9 Å². The second-order valence-corrected chi connectivity index (χ2v) is 8.53. The number of carbonyl (C=O) groups excluding carboxylic acids is 2. The molecule has 0 aliphatic rings. The lowest BCUT2D eigenvalue weighted by Crippen LogP contribution is -2.37. The van der Waals surface area contributed by atoms with E-state index < -0.39 is 10.0 Å². The van der Waals surface area contributed by atoms with Crippen LogP contribution in [-0.4, -0.2) is 62.8 Å². The molecule has 158 valence electrons. The van der Waals surface area contributed by atoms with Crippen molar-refractivity contribution in [2.45, 2.75) is 45.4 Å². The van der Waals surface area contributed by atoms with Crippen LogP contribution < -0.4 is 0 Å². The van der Waals surface area contributed by atoms with Gasteiger partial charge in [-0.3, -0.25) is 9.59 Å². The molecule has 0 aliphatic heterocycles. The monoisotopic (exact) mass is 412 g/mol. The van der Waals surface area contributed by atoms with Gasteiger partial charge in [-0.05, 0) is 31.0 Å². The van der Waals surface area contributed by atoms with Gasteiger partial charge in [0.1, 0.15) is 0 Å². The van der Waals surface area contributed by atoms with Gasteiger partial charge in [-0.25, -0.2) is 8.42 Å². The zero-order valence-corrected chi connectivity index (χ0v) is 18.3. The molecule has 1 unspecified atom stereocenters. The number of benzene rings is 1. The highest BCUT2D eigenvalue weighted by Gasteiger charge is 2.22. The molecule has 7 nitrogen and oxygen atoms in total. The molecule has 0 bridgehead atoms. The number of esters is 1. The summed E-state index contributed by atoms with van der Waals surface area (Å²) in [5.41, 5.74) is 0.893. The Kier molecular flexibility index (Phi) is 9.61. The molecule has 1 amide bonds. The first-order valence-electron chi connectivity index (χ1n) is 9.65. The van der Waals surface area contributed by atoms with E-state index in [-0.39, 0.29) is 22.7 Å². The van der Waals surface area contributed by atoms with E-state index in [1.54, 1.807) is 36.1 Å². The Morgan fingerprint density at radius 1 is 1.04 bits per heavy atom. The van der Waals surface area contributed by atoms with Crippen LogP contribution in [0.2, 0.25) is 0 Å². The molecule has 1 atom stereocenters. The van der Waals surface area contributed by atoms with Crippen LogP contribution in [0.1, 0.15) is 39.7 Å². The SMILES string of the molecule is CCN(CC(C)C(=O)OC)C(=O)CCc1ccc(S(=O)(=O)N(CC)CC)cc1. The first-order valence-corrected chi connectivity index (χ1v) is 11.1. The maximum Gasteiger partial charge on any atom is 0.310 e. The van der Waals surface area contributed by atoms with Crippen LogP contribution in [0.4, 0.5) is 0 Å². The Morgan fingerprint density at radius 3 is 2.07 bits per heavy atom. The number of amides is 1. The van der Waals surface area contributed by atoms with Crippen LogP contribution in [0, 0.1) is 5.92 Å². The number of carbonyl (C=O) groups is 2. The Labute approximate surface area is 168 Å². The number of methoxy groups -OCH3 is 1. The highest BCUT2D eigenvalue weighted by atomic mass is 32.2. The Bertz CT molecular complexity index is 742. The molecular formula is C20H32N2O5S. The molecule has 0 radical (unpaired) electrons. The summed E-state index contributed by atoms with van der Waals surface area (Å²) < 4.78 is 31.1. The lowest BCUT2D eigenvalue weighted by Gasteiger charge is -2.23. The molecule has 0 saturated carbocycles. The van der Waals surface area contributed by atoms with E-state index in [1.807, 2.05) is 20.8 Å². The summed E-state index contributed by atoms with van der Waals surface area (Å²) in [6, 6.07) is 6.67. The van der Waals surface area contributed by atoms with Crippen LogP contribution >= 0.6 is 0 Å². The van der Waals surface area contributed by atoms with Gasteiger partial charge in [0.2, 0.25) is 15.9 Å². The van der Waals surface area contributed by atoms with Crippen molar-refractivity contribution in [3.8, 4) is 0 Å². The van der Waals surface area contributed by atoms with Gasteiger partial charge in [-0.2, -0.15) is 4.31 Å². The average molecular weight is 413 g/mol. The number of rotatable bonds is 11. The largest absolute Gasteiger partial charge is 0.469 e. The standard InChI is InChI=1S/C20H32N2O5S/c1-6-21(15-16(4)20(24)27-5)19(23)14-11-17-9-12-18(13-10-17)28(25,26)22(7-2)8-3/h9-10,12-13,16H,6-8,11,14-15H2,1-5H3. The smallest absolute Gasteiger partial charge is 0.310 e. The fourth-order valence-electron chi connectivity index (χ4n) is 2.96. The van der Waals surface area contributed by atoms with E-state index in [9.17, 15) is 18.0 Å². The molecule has 0 aromatic heterocycles. The van der Waals surface area contributed by atoms with E-state index in [0.29, 0.717) is 39.0 Å². The Morgan fingerprint density at radius 2 is 1.61 bits per heavy atom. The van der Waals surface area contributed by atoms with Gasteiger partial charge >= 0.3 is 5.97 Å². The fraction of sp³-hybridized carbons (Fsp3) is 0.600. The molecule has 28 heavy (non-hydrogen) atoms. The molecule has 0 N–H and O–H groups in total. The molecule has 0 saturated heterocycles. The van der Waals surface area contributed by atoms with Gasteiger partial charge in [0, 0.05) is 32.6 Å². The molecule has 0 spiro atoms. The summed E-state index contributed by atoms with van der Waals surface area (Å²) in [6.45, 7) is 8.90. The van der Waals surface area contributed by atoms with Crippen molar-refractivity contribution in [1.29, 1.82) is 0 Å². The number of aryl methyl sites for hydroxylation is 1. The van der Waals surface area contributed by atoms with Crippen molar-refractivity contribution in [1.82, 2.24) is 9.21 Å². The van der Waals surface area contributed by atoms with Gasteiger partial charge in [-0.1, -0.05) is 32.9 Å². The third-order valence-electron chi connectivity index (χ3n) is 4.73. The van der Waals surface area contributed by atoms with Crippen molar-refractivity contribution >= 4 is 21.9 Å². The summed E-state index contributed by atoms with van der Waals surface area (Å²) in [4.78, 5) is 25.9. The minimum Gasteiger partial charge on any atom is -0.469 e. The van der Waals surface area contributed by atoms with Crippen molar-refractivity contribution in [3.63, 3.8) is 0 Å². The third kappa shape index (κ3) is 6.31. The zero-order chi connectivity index (χ0) is 21.3. The van der Waals surface area contributed by atoms with E-state index in [1.165, 1.54) is 11.4 Å². The van der Waals surface area contributed by atoms with Crippen molar-refractivity contribution in [2.24, 2.45) is 5.92 Å². The number of sulfonamides is 1. The van der Waals surface area contributed by atoms with E-state index in [4.69, 9.17) is 4.74 Å². The maximum absolute atomic E-state index is 12.5. The number of hydrogen-bond donors (Lipinski definition) is 0. The van der Waals surface area contributed by atoms with Crippen molar-refractivity contribution in [2.75, 3.05) is 33.3 Å². The first-order chi connectivity index (χ1) is 13.2. The predicted molar refractivity (Wildman–Crippen MR) is 108 cm³/mol. The highest BCUT2D eigenvalue weighted by Crippen LogP contribution is 2.17. The quantitative estimate of drug-likeness (QED) is 0.521. The number of hydrogen-bond acceptors (Lipinski definition) is 5. The third-order valence-corrected chi connectivity index (χ3v) is 6.79. The molecular weight excluding hydrogens is 380 g/mol. The van der Waals surface area contributed by atoms with Crippen LogP contribution in [0.15, 0.2) is 29.2 Å². The summed E-state index contributed by atoms with van der Waals surface area (Å²) in [5, 5.41) is 0. The van der Waals surface area contributed by atoms with Crippen LogP contribution in [0.3, 0.4) is 0 Å². The minimum atomic E-state index is -3.48. The fourth-order valence-corrected chi connectivity index (χ4v) is 4.42. The first kappa shape index (κ1) is 24.1. The second kappa shape index (κ2) is 11.2. The average Bonchev–Trinajstić information content (AvgIpc) is 2.70. The van der Waals surface area contributed by atoms with E-state index >= 15 is 0 Å². The predicted octanol–water partition coefficient (Wildman–Crippen LogP) is 2.31. The van der Waals surface area contributed by atoms with Gasteiger partial charge < -0.3 is 9.64 Å². The Balaban J connectivity index is 2.72. The topological polar surface area (TPSA) is 84.0 Å². The zero-order valence-electron chi connectivity index (χ0n) is 17.5. The molecule has 8 heteroatoms. The molecule has 1 aromatic rings.